The van der Waals surface area contributed by atoms with Gasteiger partial charge in [0.15, 0.2) is 5.96 Å². The second-order valence-electron chi connectivity index (χ2n) is 8.47. The van der Waals surface area contributed by atoms with Crippen LogP contribution in [0.1, 0.15) is 33.1 Å². The number of aliphatic imine (C=N–C) groups is 1. The summed E-state index contributed by atoms with van der Waals surface area (Å²) in [5.74, 6) is 1.65. The molecule has 30 heavy (non-hydrogen) atoms. The summed E-state index contributed by atoms with van der Waals surface area (Å²) in [6, 6.07) is 7.77. The lowest BCUT2D eigenvalue weighted by atomic mass is 9.97. The molecular formula is C22H35F2N5O. The van der Waals surface area contributed by atoms with Crippen molar-refractivity contribution < 1.29 is 13.5 Å². The van der Waals surface area contributed by atoms with Gasteiger partial charge in [0.05, 0.1) is 5.69 Å². The van der Waals surface area contributed by atoms with Crippen LogP contribution in [0.3, 0.4) is 0 Å². The standard InChI is InChI=1S/C22H35F2N5O/c1-16(2)28-11-6-7-17(14-28)13-26-22(25-3)27-18-10-12-29(15-18)19-8-4-5-9-20(19)30-21(23)24/h4-5,8-9,16-18,21H,6-7,10-15H2,1-3H3,(H2,25,26,27). The van der Waals surface area contributed by atoms with E-state index >= 15 is 0 Å². The molecule has 1 aromatic rings. The van der Waals surface area contributed by atoms with Crippen molar-refractivity contribution in [3.8, 4) is 5.75 Å². The highest BCUT2D eigenvalue weighted by Gasteiger charge is 2.27. The van der Waals surface area contributed by atoms with Crippen LogP contribution in [0.5, 0.6) is 5.75 Å². The van der Waals surface area contributed by atoms with Gasteiger partial charge in [0, 0.05) is 45.3 Å². The van der Waals surface area contributed by atoms with Gasteiger partial charge in [0.25, 0.3) is 0 Å². The number of hydrogen-bond donors (Lipinski definition) is 2. The first-order chi connectivity index (χ1) is 14.5. The molecule has 2 aliphatic rings. The lowest BCUT2D eigenvalue weighted by Gasteiger charge is -2.35. The predicted molar refractivity (Wildman–Crippen MR) is 118 cm³/mol. The summed E-state index contributed by atoms with van der Waals surface area (Å²) in [6.07, 6.45) is 3.40. The summed E-state index contributed by atoms with van der Waals surface area (Å²) in [5, 5.41) is 6.98. The number of benzene rings is 1. The molecule has 0 aliphatic carbocycles. The van der Waals surface area contributed by atoms with Gasteiger partial charge in [-0.3, -0.25) is 4.99 Å². The number of para-hydroxylation sites is 2. The van der Waals surface area contributed by atoms with Crippen molar-refractivity contribution in [2.24, 2.45) is 10.9 Å². The van der Waals surface area contributed by atoms with Gasteiger partial charge in [-0.05, 0) is 57.7 Å². The molecule has 0 bridgehead atoms. The topological polar surface area (TPSA) is 52.1 Å². The van der Waals surface area contributed by atoms with E-state index in [-0.39, 0.29) is 11.8 Å². The number of alkyl halides is 2. The van der Waals surface area contributed by atoms with Crippen LogP contribution < -0.4 is 20.3 Å². The van der Waals surface area contributed by atoms with Crippen LogP contribution in [0.15, 0.2) is 29.3 Å². The van der Waals surface area contributed by atoms with Crippen LogP contribution in [-0.2, 0) is 0 Å². The molecule has 8 heteroatoms. The number of anilines is 1. The molecule has 0 radical (unpaired) electrons. The Bertz CT molecular complexity index is 700. The van der Waals surface area contributed by atoms with E-state index < -0.39 is 6.61 Å². The molecule has 0 saturated carbocycles. The quantitative estimate of drug-likeness (QED) is 0.521. The molecule has 2 N–H and O–H groups in total. The van der Waals surface area contributed by atoms with E-state index in [1.807, 2.05) is 12.1 Å². The number of hydrogen-bond acceptors (Lipinski definition) is 4. The van der Waals surface area contributed by atoms with Gasteiger partial charge in [-0.2, -0.15) is 8.78 Å². The Balaban J connectivity index is 1.50. The van der Waals surface area contributed by atoms with Crippen molar-refractivity contribution in [2.75, 3.05) is 44.7 Å². The molecule has 2 saturated heterocycles. The molecule has 0 spiro atoms. The number of guanidine groups is 1. The van der Waals surface area contributed by atoms with Crippen LogP contribution in [0.4, 0.5) is 14.5 Å². The van der Waals surface area contributed by atoms with E-state index in [0.29, 0.717) is 17.6 Å². The van der Waals surface area contributed by atoms with Crippen LogP contribution in [-0.4, -0.2) is 69.3 Å². The predicted octanol–water partition coefficient (Wildman–Crippen LogP) is 3.15. The Morgan fingerprint density at radius 3 is 2.73 bits per heavy atom. The molecule has 2 atom stereocenters. The first-order valence-electron chi connectivity index (χ1n) is 11.0. The zero-order valence-corrected chi connectivity index (χ0v) is 18.3. The SMILES string of the molecule is CN=C(NCC1CCCN(C(C)C)C1)NC1CCN(c2ccccc2OC(F)F)C1. The highest BCUT2D eigenvalue weighted by molar-refractivity contribution is 5.80. The number of likely N-dealkylation sites (tertiary alicyclic amines) is 1. The van der Waals surface area contributed by atoms with Crippen molar-refractivity contribution in [3.63, 3.8) is 0 Å². The average Bonchev–Trinajstić information content (AvgIpc) is 3.19. The van der Waals surface area contributed by atoms with Crippen molar-refractivity contribution in [2.45, 2.75) is 51.8 Å². The summed E-state index contributed by atoms with van der Waals surface area (Å²) >= 11 is 0. The van der Waals surface area contributed by atoms with E-state index in [2.05, 4.69) is 39.3 Å². The fourth-order valence-electron chi connectivity index (χ4n) is 4.37. The minimum atomic E-state index is -2.82. The Labute approximate surface area is 178 Å². The average molecular weight is 424 g/mol. The largest absolute Gasteiger partial charge is 0.433 e. The molecule has 1 aromatic carbocycles. The van der Waals surface area contributed by atoms with E-state index in [9.17, 15) is 8.78 Å². The molecule has 0 amide bonds. The number of ether oxygens (including phenoxy) is 1. The molecule has 0 aromatic heterocycles. The molecule has 168 valence electrons. The molecule has 2 unspecified atom stereocenters. The van der Waals surface area contributed by atoms with Gasteiger partial charge in [0.2, 0.25) is 0 Å². The third-order valence-electron chi connectivity index (χ3n) is 6.01. The maximum absolute atomic E-state index is 12.7. The number of piperidine rings is 1. The highest BCUT2D eigenvalue weighted by atomic mass is 19.3. The van der Waals surface area contributed by atoms with Crippen LogP contribution in [0, 0.1) is 5.92 Å². The fraction of sp³-hybridized carbons (Fsp3) is 0.682. The van der Waals surface area contributed by atoms with E-state index in [0.717, 1.165) is 38.6 Å². The lowest BCUT2D eigenvalue weighted by molar-refractivity contribution is -0.0495. The maximum Gasteiger partial charge on any atom is 0.387 e. The zero-order chi connectivity index (χ0) is 21.5. The number of nitrogens with one attached hydrogen (secondary N) is 2. The lowest BCUT2D eigenvalue weighted by Crippen LogP contribution is -2.48. The minimum Gasteiger partial charge on any atom is -0.433 e. The number of rotatable bonds is 7. The maximum atomic E-state index is 12.7. The summed E-state index contributed by atoms with van der Waals surface area (Å²) in [6.45, 7) is 6.41. The Morgan fingerprint density at radius 2 is 2.00 bits per heavy atom. The molecular weight excluding hydrogens is 388 g/mol. The number of halogens is 2. The second kappa shape index (κ2) is 10.8. The first kappa shape index (κ1) is 22.6. The summed E-state index contributed by atoms with van der Waals surface area (Å²) in [4.78, 5) is 9.01. The van der Waals surface area contributed by atoms with E-state index in [1.54, 1.807) is 19.2 Å². The van der Waals surface area contributed by atoms with Gasteiger partial charge in [0.1, 0.15) is 5.75 Å². The third kappa shape index (κ3) is 6.20. The molecule has 6 nitrogen and oxygen atoms in total. The minimum absolute atomic E-state index is 0.203. The van der Waals surface area contributed by atoms with Crippen LogP contribution in [0.2, 0.25) is 0 Å². The zero-order valence-electron chi connectivity index (χ0n) is 18.3. The van der Waals surface area contributed by atoms with Crippen molar-refractivity contribution >= 4 is 11.6 Å². The van der Waals surface area contributed by atoms with Gasteiger partial charge >= 0.3 is 6.61 Å². The Kier molecular flexibility index (Phi) is 8.13. The van der Waals surface area contributed by atoms with Crippen LogP contribution >= 0.6 is 0 Å². The Morgan fingerprint density at radius 1 is 1.20 bits per heavy atom. The Hall–Kier alpha value is -2.09. The second-order valence-corrected chi connectivity index (χ2v) is 8.47. The molecule has 2 fully saturated rings. The highest BCUT2D eigenvalue weighted by Crippen LogP contribution is 2.31. The van der Waals surface area contributed by atoms with Gasteiger partial charge in [-0.15, -0.1) is 0 Å². The summed E-state index contributed by atoms with van der Waals surface area (Å²) < 4.78 is 30.1. The smallest absolute Gasteiger partial charge is 0.387 e. The molecule has 3 rings (SSSR count). The monoisotopic (exact) mass is 423 g/mol. The third-order valence-corrected chi connectivity index (χ3v) is 6.01. The van der Waals surface area contributed by atoms with Crippen molar-refractivity contribution in [1.82, 2.24) is 15.5 Å². The molecule has 2 heterocycles. The van der Waals surface area contributed by atoms with Crippen molar-refractivity contribution in [1.29, 1.82) is 0 Å². The fourth-order valence-corrected chi connectivity index (χ4v) is 4.37. The van der Waals surface area contributed by atoms with E-state index in [4.69, 9.17) is 4.74 Å². The summed E-state index contributed by atoms with van der Waals surface area (Å²) in [7, 11) is 1.79. The van der Waals surface area contributed by atoms with Gasteiger partial charge in [-0.25, -0.2) is 0 Å². The van der Waals surface area contributed by atoms with E-state index in [1.165, 1.54) is 19.4 Å². The first-order valence-corrected chi connectivity index (χ1v) is 11.0. The van der Waals surface area contributed by atoms with Gasteiger partial charge < -0.3 is 25.2 Å². The molecule has 2 aliphatic heterocycles. The normalized spacial score (nSPS) is 23.3. The van der Waals surface area contributed by atoms with Gasteiger partial charge in [-0.1, -0.05) is 12.1 Å². The van der Waals surface area contributed by atoms with Crippen molar-refractivity contribution in [3.05, 3.63) is 24.3 Å². The van der Waals surface area contributed by atoms with Crippen LogP contribution in [0.25, 0.3) is 0 Å². The summed E-state index contributed by atoms with van der Waals surface area (Å²) in [5.41, 5.74) is 0.709. The number of nitrogens with zero attached hydrogens (tertiary/aromatic N) is 3.